The fraction of sp³-hybridized carbons (Fsp3) is 0.667. The first-order chi connectivity index (χ1) is 5.65. The maximum Gasteiger partial charge on any atom is 0.300 e. The third-order valence-corrected chi connectivity index (χ3v) is 1.03. The molecule has 0 saturated heterocycles. The molecule has 12 heavy (non-hydrogen) atoms. The van der Waals surface area contributed by atoms with Crippen molar-refractivity contribution < 1.29 is 9.90 Å². The van der Waals surface area contributed by atoms with E-state index in [1.165, 1.54) is 19.3 Å². The Morgan fingerprint density at radius 2 is 2.00 bits per heavy atom. The second-order valence-corrected chi connectivity index (χ2v) is 2.37. The number of nitrogens with two attached hydrogens (primary N) is 1. The van der Waals surface area contributed by atoms with Gasteiger partial charge < -0.3 is 10.8 Å². The van der Waals surface area contributed by atoms with Crippen molar-refractivity contribution in [1.29, 1.82) is 0 Å². The van der Waals surface area contributed by atoms with E-state index in [0.29, 0.717) is 6.54 Å². The molecule has 0 aliphatic rings. The van der Waals surface area contributed by atoms with Crippen molar-refractivity contribution >= 4 is 5.97 Å². The molecule has 72 valence electrons. The van der Waals surface area contributed by atoms with Gasteiger partial charge in [-0.05, 0) is 6.42 Å². The molecule has 3 heteroatoms. The number of unbranched alkanes of at least 4 members (excludes halogenated alkanes) is 2. The highest BCUT2D eigenvalue weighted by atomic mass is 16.4. The molecule has 0 aliphatic heterocycles. The fourth-order valence-electron chi connectivity index (χ4n) is 0.536. The molecule has 0 saturated carbocycles. The van der Waals surface area contributed by atoms with Crippen LogP contribution in [0.1, 0.15) is 33.1 Å². The predicted molar refractivity (Wildman–Crippen MR) is 51.0 cm³/mol. The minimum absolute atomic E-state index is 0.684. The molecule has 0 aromatic carbocycles. The molecule has 0 amide bonds. The average Bonchev–Trinajstić information content (AvgIpc) is 1.97. The molecule has 0 aromatic rings. The van der Waals surface area contributed by atoms with Crippen molar-refractivity contribution in [3.8, 4) is 0 Å². The minimum atomic E-state index is -0.833. The number of hydrogen-bond donors (Lipinski definition) is 2. The van der Waals surface area contributed by atoms with Crippen LogP contribution >= 0.6 is 0 Å². The van der Waals surface area contributed by atoms with Crippen molar-refractivity contribution in [3.63, 3.8) is 0 Å². The second kappa shape index (κ2) is 12.8. The molecule has 0 radical (unpaired) electrons. The van der Waals surface area contributed by atoms with E-state index < -0.39 is 5.97 Å². The van der Waals surface area contributed by atoms with Crippen LogP contribution in [-0.2, 0) is 4.79 Å². The zero-order valence-electron chi connectivity index (χ0n) is 7.92. The number of carboxylic acid groups (broad SMARTS) is 1. The summed E-state index contributed by atoms with van der Waals surface area (Å²) in [7, 11) is 0. The van der Waals surface area contributed by atoms with Gasteiger partial charge in [0.1, 0.15) is 0 Å². The minimum Gasteiger partial charge on any atom is -0.481 e. The van der Waals surface area contributed by atoms with Crippen LogP contribution in [0.2, 0.25) is 0 Å². The quantitative estimate of drug-likeness (QED) is 0.503. The maximum atomic E-state index is 9.00. The lowest BCUT2D eigenvalue weighted by molar-refractivity contribution is -0.134. The molecular weight excluding hydrogens is 154 g/mol. The van der Waals surface area contributed by atoms with Crippen molar-refractivity contribution in [2.75, 3.05) is 6.54 Å². The van der Waals surface area contributed by atoms with E-state index in [9.17, 15) is 0 Å². The van der Waals surface area contributed by atoms with E-state index in [2.05, 4.69) is 13.0 Å². The summed E-state index contributed by atoms with van der Waals surface area (Å²) in [6, 6.07) is 0. The van der Waals surface area contributed by atoms with Crippen molar-refractivity contribution in [1.82, 2.24) is 0 Å². The smallest absolute Gasteiger partial charge is 0.300 e. The van der Waals surface area contributed by atoms with E-state index in [0.717, 1.165) is 6.92 Å². The van der Waals surface area contributed by atoms with Gasteiger partial charge in [0.25, 0.3) is 5.97 Å². The first-order valence-electron chi connectivity index (χ1n) is 4.19. The van der Waals surface area contributed by atoms with Crippen LogP contribution in [0.15, 0.2) is 12.2 Å². The van der Waals surface area contributed by atoms with E-state index in [4.69, 9.17) is 15.6 Å². The van der Waals surface area contributed by atoms with Crippen LogP contribution in [0.3, 0.4) is 0 Å². The van der Waals surface area contributed by atoms with Crippen LogP contribution in [-0.4, -0.2) is 17.6 Å². The summed E-state index contributed by atoms with van der Waals surface area (Å²) < 4.78 is 0. The Hall–Kier alpha value is -0.830. The highest BCUT2D eigenvalue weighted by Gasteiger charge is 1.74. The standard InChI is InChI=1S/C7H15N.C2H4O2/c1-2-3-4-5-6-7-8;1-2(3)4/h5-6H,2-4,7-8H2,1H3;1H3,(H,3,4). The summed E-state index contributed by atoms with van der Waals surface area (Å²) in [5, 5.41) is 7.42. The van der Waals surface area contributed by atoms with Crippen molar-refractivity contribution in [2.45, 2.75) is 33.1 Å². The Labute approximate surface area is 74.3 Å². The number of carbonyl (C=O) groups is 1. The summed E-state index contributed by atoms with van der Waals surface area (Å²) >= 11 is 0. The van der Waals surface area contributed by atoms with E-state index in [-0.39, 0.29) is 0 Å². The molecule has 0 aliphatic carbocycles. The lowest BCUT2D eigenvalue weighted by Gasteiger charge is -1.85. The summed E-state index contributed by atoms with van der Waals surface area (Å²) in [6.07, 6.45) is 7.90. The Morgan fingerprint density at radius 3 is 2.33 bits per heavy atom. The molecule has 0 fully saturated rings. The van der Waals surface area contributed by atoms with E-state index in [1.807, 2.05) is 6.08 Å². The number of aliphatic carboxylic acids is 1. The van der Waals surface area contributed by atoms with Gasteiger partial charge in [0, 0.05) is 13.5 Å². The predicted octanol–water partition coefficient (Wildman–Crippen LogP) is 1.78. The zero-order valence-corrected chi connectivity index (χ0v) is 7.92. The van der Waals surface area contributed by atoms with Gasteiger partial charge in [-0.3, -0.25) is 4.79 Å². The largest absolute Gasteiger partial charge is 0.481 e. The monoisotopic (exact) mass is 173 g/mol. The third-order valence-electron chi connectivity index (χ3n) is 1.03. The zero-order chi connectivity index (χ0) is 9.82. The Kier molecular flexibility index (Phi) is 14.7. The SMILES string of the molecule is CC(=O)O.CCCCC=CCN. The van der Waals surface area contributed by atoms with Crippen LogP contribution in [0, 0.1) is 0 Å². The first kappa shape index (κ1) is 13.7. The van der Waals surface area contributed by atoms with Gasteiger partial charge in [-0.1, -0.05) is 31.9 Å². The van der Waals surface area contributed by atoms with Crippen LogP contribution in [0.4, 0.5) is 0 Å². The molecular formula is C9H19NO2. The van der Waals surface area contributed by atoms with Crippen molar-refractivity contribution in [3.05, 3.63) is 12.2 Å². The molecule has 0 aromatic heterocycles. The van der Waals surface area contributed by atoms with Gasteiger partial charge in [-0.2, -0.15) is 0 Å². The van der Waals surface area contributed by atoms with Gasteiger partial charge in [-0.25, -0.2) is 0 Å². The highest BCUT2D eigenvalue weighted by molar-refractivity contribution is 5.62. The fourth-order valence-corrected chi connectivity index (χ4v) is 0.536. The molecule has 0 rings (SSSR count). The topological polar surface area (TPSA) is 63.3 Å². The van der Waals surface area contributed by atoms with Crippen molar-refractivity contribution in [2.24, 2.45) is 5.73 Å². The molecule has 0 bridgehead atoms. The van der Waals surface area contributed by atoms with Crippen LogP contribution < -0.4 is 5.73 Å². The number of rotatable bonds is 4. The second-order valence-electron chi connectivity index (χ2n) is 2.37. The summed E-state index contributed by atoms with van der Waals surface area (Å²) in [5.74, 6) is -0.833. The molecule has 0 unspecified atom stereocenters. The van der Waals surface area contributed by atoms with Gasteiger partial charge >= 0.3 is 0 Å². The lowest BCUT2D eigenvalue weighted by atomic mass is 10.2. The van der Waals surface area contributed by atoms with Gasteiger partial charge in [0.2, 0.25) is 0 Å². The Bertz CT molecular complexity index is 118. The molecule has 3 nitrogen and oxygen atoms in total. The Balaban J connectivity index is 0. The molecule has 0 atom stereocenters. The van der Waals surface area contributed by atoms with Gasteiger partial charge in [0.15, 0.2) is 0 Å². The third kappa shape index (κ3) is 35.2. The summed E-state index contributed by atoms with van der Waals surface area (Å²) in [6.45, 7) is 3.96. The maximum absolute atomic E-state index is 9.00. The summed E-state index contributed by atoms with van der Waals surface area (Å²) in [5.41, 5.74) is 5.22. The van der Waals surface area contributed by atoms with Gasteiger partial charge in [0.05, 0.1) is 0 Å². The highest BCUT2D eigenvalue weighted by Crippen LogP contribution is 1.93. The number of hydrogen-bond acceptors (Lipinski definition) is 2. The number of carboxylic acids is 1. The van der Waals surface area contributed by atoms with Crippen LogP contribution in [0.5, 0.6) is 0 Å². The molecule has 0 spiro atoms. The number of allylic oxidation sites excluding steroid dienone is 1. The normalized spacial score (nSPS) is 9.25. The summed E-state index contributed by atoms with van der Waals surface area (Å²) in [4.78, 5) is 9.00. The van der Waals surface area contributed by atoms with Gasteiger partial charge in [-0.15, -0.1) is 0 Å². The molecule has 3 N–H and O–H groups in total. The van der Waals surface area contributed by atoms with E-state index in [1.54, 1.807) is 0 Å². The average molecular weight is 173 g/mol. The van der Waals surface area contributed by atoms with Crippen LogP contribution in [0.25, 0.3) is 0 Å². The van der Waals surface area contributed by atoms with E-state index >= 15 is 0 Å². The molecule has 0 heterocycles. The Morgan fingerprint density at radius 1 is 1.50 bits per heavy atom. The first-order valence-corrected chi connectivity index (χ1v) is 4.19. The lowest BCUT2D eigenvalue weighted by Crippen LogP contribution is -1.91.